The van der Waals surface area contributed by atoms with Crippen LogP contribution in [0.4, 0.5) is 5.82 Å². The summed E-state index contributed by atoms with van der Waals surface area (Å²) in [6.07, 6.45) is 4.15. The fourth-order valence-corrected chi connectivity index (χ4v) is 4.37. The lowest BCUT2D eigenvalue weighted by molar-refractivity contribution is -0.141. The standard InChI is InChI=1S/C17H23N5O3/c1-21(16-13-2-3-18-15(13)19-9-20-16)12-4-10-6-22(7-11(10)5-12)17(25)14(24)8-23/h2-3,9-12,14,23-24H,4-8H2,1H3,(H,18,19,20)/t10-,11?,12+,14-/m1/s1. The van der Waals surface area contributed by atoms with Crippen molar-refractivity contribution in [1.82, 2.24) is 19.9 Å². The zero-order chi connectivity index (χ0) is 17.6. The molecule has 8 heteroatoms. The minimum atomic E-state index is -1.29. The Balaban J connectivity index is 1.45. The van der Waals surface area contributed by atoms with Gasteiger partial charge >= 0.3 is 0 Å². The van der Waals surface area contributed by atoms with Crippen LogP contribution in [-0.2, 0) is 4.79 Å². The van der Waals surface area contributed by atoms with E-state index in [0.29, 0.717) is 31.0 Å². The Kier molecular flexibility index (Phi) is 4.09. The summed E-state index contributed by atoms with van der Waals surface area (Å²) in [5.41, 5.74) is 0.838. The van der Waals surface area contributed by atoms with Crippen LogP contribution in [0.25, 0.3) is 11.0 Å². The Morgan fingerprint density at radius 3 is 2.80 bits per heavy atom. The van der Waals surface area contributed by atoms with Crippen LogP contribution in [-0.4, -0.2) is 74.9 Å². The SMILES string of the molecule is CN(c1ncnc2[nH]ccc12)[C@@H]1CC2CN(C(=O)[C@H](O)CO)C[C@H]2C1. The number of nitrogens with zero attached hydrogens (tertiary/aromatic N) is 4. The van der Waals surface area contributed by atoms with Gasteiger partial charge in [0.15, 0.2) is 6.10 Å². The summed E-state index contributed by atoms with van der Waals surface area (Å²) < 4.78 is 0. The third kappa shape index (κ3) is 2.75. The number of aromatic amines is 1. The van der Waals surface area contributed by atoms with Gasteiger partial charge < -0.3 is 25.0 Å². The minimum absolute atomic E-state index is 0.355. The van der Waals surface area contributed by atoms with Crippen LogP contribution in [0.5, 0.6) is 0 Å². The van der Waals surface area contributed by atoms with E-state index in [2.05, 4.69) is 26.9 Å². The van der Waals surface area contributed by atoms with E-state index < -0.39 is 12.7 Å². The number of fused-ring (bicyclic) bond motifs is 2. The maximum Gasteiger partial charge on any atom is 0.253 e. The van der Waals surface area contributed by atoms with Crippen LogP contribution in [0.2, 0.25) is 0 Å². The summed E-state index contributed by atoms with van der Waals surface area (Å²) in [4.78, 5) is 27.8. The van der Waals surface area contributed by atoms with E-state index >= 15 is 0 Å². The van der Waals surface area contributed by atoms with Gasteiger partial charge in [-0.15, -0.1) is 0 Å². The molecule has 2 aromatic heterocycles. The fraction of sp³-hybridized carbons (Fsp3) is 0.588. The van der Waals surface area contributed by atoms with Crippen molar-refractivity contribution in [3.8, 4) is 0 Å². The van der Waals surface area contributed by atoms with Crippen molar-refractivity contribution < 1.29 is 15.0 Å². The monoisotopic (exact) mass is 345 g/mol. The first-order valence-electron chi connectivity index (χ1n) is 8.67. The van der Waals surface area contributed by atoms with E-state index in [1.807, 2.05) is 12.3 Å². The van der Waals surface area contributed by atoms with Gasteiger partial charge in [0.2, 0.25) is 0 Å². The Morgan fingerprint density at radius 1 is 1.40 bits per heavy atom. The Morgan fingerprint density at radius 2 is 2.12 bits per heavy atom. The number of carbonyl (C=O) groups excluding carboxylic acids is 1. The van der Waals surface area contributed by atoms with Gasteiger partial charge in [-0.3, -0.25) is 4.79 Å². The number of likely N-dealkylation sites (tertiary alicyclic amines) is 1. The first kappa shape index (κ1) is 16.3. The molecule has 0 aromatic carbocycles. The molecule has 0 spiro atoms. The lowest BCUT2D eigenvalue weighted by Crippen LogP contribution is -2.41. The Hall–Kier alpha value is -2.19. The number of aromatic nitrogens is 3. The molecule has 2 fully saturated rings. The maximum absolute atomic E-state index is 12.0. The molecule has 1 aliphatic carbocycles. The van der Waals surface area contributed by atoms with Gasteiger partial charge in [-0.2, -0.15) is 0 Å². The number of aliphatic hydroxyl groups excluding tert-OH is 2. The Labute approximate surface area is 145 Å². The number of nitrogens with one attached hydrogen (secondary N) is 1. The van der Waals surface area contributed by atoms with Crippen molar-refractivity contribution in [1.29, 1.82) is 0 Å². The molecule has 0 radical (unpaired) electrons. The lowest BCUT2D eigenvalue weighted by Gasteiger charge is -2.28. The minimum Gasteiger partial charge on any atom is -0.393 e. The molecule has 3 heterocycles. The van der Waals surface area contributed by atoms with Gasteiger partial charge in [0.25, 0.3) is 5.91 Å². The molecular weight excluding hydrogens is 322 g/mol. The van der Waals surface area contributed by atoms with E-state index in [0.717, 1.165) is 29.7 Å². The zero-order valence-electron chi connectivity index (χ0n) is 14.2. The number of rotatable bonds is 4. The molecule has 1 saturated carbocycles. The van der Waals surface area contributed by atoms with Crippen LogP contribution in [0.15, 0.2) is 18.6 Å². The second kappa shape index (κ2) is 6.27. The average Bonchev–Trinajstić information content (AvgIpc) is 3.32. The Bertz CT molecular complexity index is 764. The molecule has 0 bridgehead atoms. The first-order valence-corrected chi connectivity index (χ1v) is 8.67. The van der Waals surface area contributed by atoms with Crippen LogP contribution < -0.4 is 4.90 Å². The smallest absolute Gasteiger partial charge is 0.253 e. The lowest BCUT2D eigenvalue weighted by atomic mass is 10.0. The van der Waals surface area contributed by atoms with Gasteiger partial charge in [0.05, 0.1) is 12.0 Å². The fourth-order valence-electron chi connectivity index (χ4n) is 4.37. The molecule has 2 aromatic rings. The van der Waals surface area contributed by atoms with Crippen LogP contribution in [0, 0.1) is 11.8 Å². The number of H-pyrrole nitrogens is 1. The summed E-state index contributed by atoms with van der Waals surface area (Å²) in [6.45, 7) is 0.804. The van der Waals surface area contributed by atoms with Crippen molar-refractivity contribution in [2.45, 2.75) is 25.0 Å². The molecule has 1 aliphatic heterocycles. The molecule has 2 aliphatic rings. The van der Waals surface area contributed by atoms with Gasteiger partial charge in [0, 0.05) is 32.4 Å². The van der Waals surface area contributed by atoms with Crippen LogP contribution >= 0.6 is 0 Å². The number of amides is 1. The van der Waals surface area contributed by atoms with E-state index in [9.17, 15) is 9.90 Å². The normalized spacial score (nSPS) is 26.8. The number of carbonyl (C=O) groups is 1. The van der Waals surface area contributed by atoms with E-state index in [-0.39, 0.29) is 5.91 Å². The topological polar surface area (TPSA) is 106 Å². The van der Waals surface area contributed by atoms with Crippen molar-refractivity contribution in [3.05, 3.63) is 18.6 Å². The van der Waals surface area contributed by atoms with E-state index in [1.54, 1.807) is 11.2 Å². The van der Waals surface area contributed by atoms with Gasteiger partial charge in [-0.25, -0.2) is 9.97 Å². The predicted octanol–water partition coefficient (Wildman–Crippen LogP) is -0.0157. The molecule has 4 rings (SSSR count). The molecular formula is C17H23N5O3. The molecule has 1 amide bonds. The highest BCUT2D eigenvalue weighted by atomic mass is 16.3. The van der Waals surface area contributed by atoms with Gasteiger partial charge in [-0.05, 0) is 30.7 Å². The number of hydrogen-bond donors (Lipinski definition) is 3. The number of hydrogen-bond acceptors (Lipinski definition) is 6. The average molecular weight is 345 g/mol. The molecule has 25 heavy (non-hydrogen) atoms. The second-order valence-electron chi connectivity index (χ2n) is 7.14. The largest absolute Gasteiger partial charge is 0.393 e. The first-order chi connectivity index (χ1) is 12.1. The number of anilines is 1. The maximum atomic E-state index is 12.0. The molecule has 3 N–H and O–H groups in total. The van der Waals surface area contributed by atoms with Crippen LogP contribution in [0.1, 0.15) is 12.8 Å². The molecule has 134 valence electrons. The van der Waals surface area contributed by atoms with E-state index in [4.69, 9.17) is 5.11 Å². The highest BCUT2D eigenvalue weighted by molar-refractivity contribution is 5.87. The number of aliphatic hydroxyl groups is 2. The third-order valence-corrected chi connectivity index (χ3v) is 5.71. The van der Waals surface area contributed by atoms with Gasteiger partial charge in [0.1, 0.15) is 17.8 Å². The van der Waals surface area contributed by atoms with E-state index in [1.165, 1.54) is 0 Å². The second-order valence-corrected chi connectivity index (χ2v) is 7.14. The molecule has 1 unspecified atom stereocenters. The molecule has 1 saturated heterocycles. The van der Waals surface area contributed by atoms with Crippen molar-refractivity contribution in [2.75, 3.05) is 31.6 Å². The highest BCUT2D eigenvalue weighted by Crippen LogP contribution is 2.41. The summed E-state index contributed by atoms with van der Waals surface area (Å²) in [7, 11) is 2.07. The zero-order valence-corrected chi connectivity index (χ0v) is 14.2. The summed E-state index contributed by atoms with van der Waals surface area (Å²) in [5, 5.41) is 19.5. The van der Waals surface area contributed by atoms with Crippen LogP contribution in [0.3, 0.4) is 0 Å². The molecule has 4 atom stereocenters. The van der Waals surface area contributed by atoms with Gasteiger partial charge in [-0.1, -0.05) is 0 Å². The quantitative estimate of drug-likeness (QED) is 0.719. The predicted molar refractivity (Wildman–Crippen MR) is 92.0 cm³/mol. The van der Waals surface area contributed by atoms with Crippen molar-refractivity contribution >= 4 is 22.8 Å². The molecule has 8 nitrogen and oxygen atoms in total. The highest BCUT2D eigenvalue weighted by Gasteiger charge is 2.44. The van der Waals surface area contributed by atoms with Crippen molar-refractivity contribution in [2.24, 2.45) is 11.8 Å². The summed E-state index contributed by atoms with van der Waals surface area (Å²) in [6, 6.07) is 2.37. The summed E-state index contributed by atoms with van der Waals surface area (Å²) >= 11 is 0. The summed E-state index contributed by atoms with van der Waals surface area (Å²) in [5.74, 6) is 1.45. The third-order valence-electron chi connectivity index (χ3n) is 5.71. The van der Waals surface area contributed by atoms with Crippen molar-refractivity contribution in [3.63, 3.8) is 0 Å².